The molecule has 1 aliphatic rings. The third-order valence-electron chi connectivity index (χ3n) is 4.43. The number of nitrogens with zero attached hydrogens (tertiary/aromatic N) is 2. The molecule has 1 aromatic heterocycles. The van der Waals surface area contributed by atoms with Gasteiger partial charge in [-0.3, -0.25) is 9.69 Å². The lowest BCUT2D eigenvalue weighted by atomic mass is 10.2. The van der Waals surface area contributed by atoms with Crippen molar-refractivity contribution in [3.05, 3.63) is 59.4 Å². The van der Waals surface area contributed by atoms with Crippen LogP contribution in [0.25, 0.3) is 10.2 Å². The number of anilines is 1. The van der Waals surface area contributed by atoms with Crippen molar-refractivity contribution in [2.75, 3.05) is 18.4 Å². The summed E-state index contributed by atoms with van der Waals surface area (Å²) in [6.07, 6.45) is 2.08. The molecule has 4 rings (SSSR count). The molecule has 1 saturated heterocycles. The maximum atomic E-state index is 13.0. The van der Waals surface area contributed by atoms with Gasteiger partial charge in [-0.1, -0.05) is 12.1 Å². The van der Waals surface area contributed by atoms with E-state index in [1.54, 1.807) is 23.5 Å². The van der Waals surface area contributed by atoms with Gasteiger partial charge < -0.3 is 5.32 Å². The van der Waals surface area contributed by atoms with E-state index < -0.39 is 0 Å². The summed E-state index contributed by atoms with van der Waals surface area (Å²) in [4.78, 5) is 19.3. The molecular formula is C19H18FN3OS. The number of carbonyl (C=O) groups excluding carboxylic acids is 1. The van der Waals surface area contributed by atoms with Crippen LogP contribution < -0.4 is 5.32 Å². The zero-order valence-corrected chi connectivity index (χ0v) is 14.4. The highest BCUT2D eigenvalue weighted by Crippen LogP contribution is 2.36. The Morgan fingerprint density at radius 2 is 2.04 bits per heavy atom. The highest BCUT2D eigenvalue weighted by molar-refractivity contribution is 7.18. The first-order chi connectivity index (χ1) is 12.2. The fourth-order valence-electron chi connectivity index (χ4n) is 3.25. The molecule has 2 heterocycles. The number of benzene rings is 2. The zero-order valence-electron chi connectivity index (χ0n) is 13.6. The van der Waals surface area contributed by atoms with Gasteiger partial charge >= 0.3 is 0 Å². The number of thiazole rings is 1. The van der Waals surface area contributed by atoms with E-state index in [4.69, 9.17) is 4.98 Å². The second kappa shape index (κ2) is 6.90. The molecule has 1 atom stereocenters. The Bertz CT molecular complexity index is 860. The smallest absolute Gasteiger partial charge is 0.238 e. The molecule has 3 aromatic rings. The topological polar surface area (TPSA) is 45.2 Å². The highest BCUT2D eigenvalue weighted by Gasteiger charge is 2.30. The van der Waals surface area contributed by atoms with Crippen LogP contribution in [-0.4, -0.2) is 28.9 Å². The Morgan fingerprint density at radius 3 is 2.84 bits per heavy atom. The molecule has 2 aromatic carbocycles. The highest BCUT2D eigenvalue weighted by atomic mass is 32.1. The third-order valence-corrected chi connectivity index (χ3v) is 5.57. The summed E-state index contributed by atoms with van der Waals surface area (Å²) in [5.74, 6) is -0.395. The van der Waals surface area contributed by atoms with E-state index in [9.17, 15) is 9.18 Å². The first-order valence-electron chi connectivity index (χ1n) is 8.34. The SMILES string of the molecule is O=C(CN1CCC[C@@H]1c1nc2ccccc2s1)Nc1ccc(F)cc1. The number of hydrogen-bond donors (Lipinski definition) is 1. The molecule has 1 N–H and O–H groups in total. The van der Waals surface area contributed by atoms with Crippen LogP contribution in [0.15, 0.2) is 48.5 Å². The lowest BCUT2D eigenvalue weighted by molar-refractivity contribution is -0.117. The molecule has 0 unspecified atom stereocenters. The Balaban J connectivity index is 1.45. The first-order valence-corrected chi connectivity index (χ1v) is 9.15. The average molecular weight is 355 g/mol. The summed E-state index contributed by atoms with van der Waals surface area (Å²) in [5, 5.41) is 3.91. The number of halogens is 1. The molecule has 1 fully saturated rings. The summed E-state index contributed by atoms with van der Waals surface area (Å²) in [6, 6.07) is 14.1. The number of hydrogen-bond acceptors (Lipinski definition) is 4. The van der Waals surface area contributed by atoms with Crippen molar-refractivity contribution in [3.8, 4) is 0 Å². The molecule has 1 aliphatic heterocycles. The van der Waals surface area contributed by atoms with Crippen molar-refractivity contribution in [1.29, 1.82) is 0 Å². The number of para-hydroxylation sites is 1. The average Bonchev–Trinajstić information content (AvgIpc) is 3.22. The quantitative estimate of drug-likeness (QED) is 0.762. The molecule has 0 radical (unpaired) electrons. The number of carbonyl (C=O) groups is 1. The normalized spacial score (nSPS) is 17.9. The lowest BCUT2D eigenvalue weighted by Gasteiger charge is -2.22. The summed E-state index contributed by atoms with van der Waals surface area (Å²) >= 11 is 1.70. The third kappa shape index (κ3) is 3.55. The maximum Gasteiger partial charge on any atom is 0.238 e. The van der Waals surface area contributed by atoms with E-state index in [0.717, 1.165) is 29.9 Å². The Morgan fingerprint density at radius 1 is 1.24 bits per heavy atom. The monoisotopic (exact) mass is 355 g/mol. The van der Waals surface area contributed by atoms with Gasteiger partial charge in [-0.25, -0.2) is 9.37 Å². The van der Waals surface area contributed by atoms with E-state index >= 15 is 0 Å². The predicted molar refractivity (Wildman–Crippen MR) is 98.2 cm³/mol. The van der Waals surface area contributed by atoms with Crippen molar-refractivity contribution >= 4 is 33.1 Å². The molecule has 4 nitrogen and oxygen atoms in total. The van der Waals surface area contributed by atoms with Crippen molar-refractivity contribution in [2.24, 2.45) is 0 Å². The van der Waals surface area contributed by atoms with Crippen molar-refractivity contribution in [3.63, 3.8) is 0 Å². The summed E-state index contributed by atoms with van der Waals surface area (Å²) in [7, 11) is 0. The number of amides is 1. The first kappa shape index (κ1) is 16.2. The predicted octanol–water partition coefficient (Wildman–Crippen LogP) is 4.21. The molecule has 0 spiro atoms. The van der Waals surface area contributed by atoms with Gasteiger partial charge in [0.05, 0.1) is 22.8 Å². The van der Waals surface area contributed by atoms with Gasteiger partial charge in [-0.15, -0.1) is 11.3 Å². The minimum Gasteiger partial charge on any atom is -0.325 e. The Labute approximate surface area is 149 Å². The minimum absolute atomic E-state index is 0.0837. The fraction of sp³-hybridized carbons (Fsp3) is 0.263. The standard InChI is InChI=1S/C19H18FN3OS/c20-13-7-9-14(10-8-13)21-18(24)12-23-11-3-5-16(23)19-22-15-4-1-2-6-17(15)25-19/h1-2,4,6-10,16H,3,5,11-12H2,(H,21,24)/t16-/m1/s1. The largest absolute Gasteiger partial charge is 0.325 e. The molecular weight excluding hydrogens is 337 g/mol. The van der Waals surface area contributed by atoms with E-state index in [1.165, 1.54) is 16.8 Å². The van der Waals surface area contributed by atoms with Crippen LogP contribution in [0.4, 0.5) is 10.1 Å². The van der Waals surface area contributed by atoms with Gasteiger partial charge in [0, 0.05) is 5.69 Å². The van der Waals surface area contributed by atoms with Gasteiger partial charge in [0.2, 0.25) is 5.91 Å². The number of aromatic nitrogens is 1. The lowest BCUT2D eigenvalue weighted by Crippen LogP contribution is -2.32. The molecule has 0 bridgehead atoms. The van der Waals surface area contributed by atoms with Gasteiger partial charge in [0.25, 0.3) is 0 Å². The molecule has 6 heteroatoms. The van der Waals surface area contributed by atoms with Crippen LogP contribution in [0, 0.1) is 5.82 Å². The van der Waals surface area contributed by atoms with Crippen LogP contribution in [0.1, 0.15) is 23.9 Å². The van der Waals surface area contributed by atoms with Gasteiger partial charge in [0.15, 0.2) is 0 Å². The molecule has 0 aliphatic carbocycles. The van der Waals surface area contributed by atoms with Crippen LogP contribution >= 0.6 is 11.3 Å². The van der Waals surface area contributed by atoms with Crippen molar-refractivity contribution in [2.45, 2.75) is 18.9 Å². The molecule has 128 valence electrons. The van der Waals surface area contributed by atoms with E-state index in [1.807, 2.05) is 18.2 Å². The van der Waals surface area contributed by atoms with E-state index in [2.05, 4.69) is 16.3 Å². The zero-order chi connectivity index (χ0) is 17.2. The van der Waals surface area contributed by atoms with Gasteiger partial charge in [0.1, 0.15) is 10.8 Å². The summed E-state index contributed by atoms with van der Waals surface area (Å²) in [6.45, 7) is 1.20. The molecule has 25 heavy (non-hydrogen) atoms. The van der Waals surface area contributed by atoms with Crippen molar-refractivity contribution < 1.29 is 9.18 Å². The Hall–Kier alpha value is -2.31. The van der Waals surface area contributed by atoms with Crippen LogP contribution in [-0.2, 0) is 4.79 Å². The molecule has 1 amide bonds. The number of likely N-dealkylation sites (tertiary alicyclic amines) is 1. The second-order valence-corrected chi connectivity index (χ2v) is 7.27. The Kier molecular flexibility index (Phi) is 4.46. The van der Waals surface area contributed by atoms with Gasteiger partial charge in [-0.2, -0.15) is 0 Å². The van der Waals surface area contributed by atoms with Crippen LogP contribution in [0.2, 0.25) is 0 Å². The van der Waals surface area contributed by atoms with Crippen molar-refractivity contribution in [1.82, 2.24) is 9.88 Å². The van der Waals surface area contributed by atoms with E-state index in [-0.39, 0.29) is 17.8 Å². The summed E-state index contributed by atoms with van der Waals surface area (Å²) in [5.41, 5.74) is 1.63. The number of fused-ring (bicyclic) bond motifs is 1. The number of rotatable bonds is 4. The van der Waals surface area contributed by atoms with E-state index in [0.29, 0.717) is 12.2 Å². The summed E-state index contributed by atoms with van der Waals surface area (Å²) < 4.78 is 14.1. The minimum atomic E-state index is -0.312. The maximum absolute atomic E-state index is 13.0. The number of nitrogens with one attached hydrogen (secondary N) is 1. The van der Waals surface area contributed by atoms with Gasteiger partial charge in [-0.05, 0) is 55.8 Å². The fourth-order valence-corrected chi connectivity index (χ4v) is 4.38. The van der Waals surface area contributed by atoms with Crippen LogP contribution in [0.3, 0.4) is 0 Å². The second-order valence-electron chi connectivity index (χ2n) is 6.20. The molecule has 0 saturated carbocycles. The van der Waals surface area contributed by atoms with Crippen LogP contribution in [0.5, 0.6) is 0 Å².